The molecular weight excluding hydrogens is 308 g/mol. The summed E-state index contributed by atoms with van der Waals surface area (Å²) in [7, 11) is 0. The van der Waals surface area contributed by atoms with Crippen molar-refractivity contribution < 1.29 is 4.79 Å². The molecule has 3 rings (SSSR count). The maximum absolute atomic E-state index is 12.2. The van der Waals surface area contributed by atoms with Gasteiger partial charge in [-0.2, -0.15) is 0 Å². The van der Waals surface area contributed by atoms with Crippen LogP contribution in [0.2, 0.25) is 5.02 Å². The maximum atomic E-state index is 12.2. The van der Waals surface area contributed by atoms with Crippen LogP contribution in [-0.2, 0) is 4.79 Å². The van der Waals surface area contributed by atoms with Crippen molar-refractivity contribution in [3.8, 4) is 0 Å². The van der Waals surface area contributed by atoms with Crippen LogP contribution < -0.4 is 0 Å². The van der Waals surface area contributed by atoms with Crippen LogP contribution in [0, 0.1) is 0 Å². The first-order valence-corrected chi connectivity index (χ1v) is 9.01. The molecule has 1 aromatic rings. The van der Waals surface area contributed by atoms with Crippen molar-refractivity contribution in [2.24, 2.45) is 0 Å². The molecule has 1 amide bonds. The summed E-state index contributed by atoms with van der Waals surface area (Å²) < 4.78 is 0. The van der Waals surface area contributed by atoms with Crippen molar-refractivity contribution in [2.45, 2.75) is 44.7 Å². The average molecular weight is 333 g/mol. The molecule has 1 aromatic carbocycles. The number of fused-ring (bicyclic) bond motifs is 2. The highest BCUT2D eigenvalue weighted by Gasteiger charge is 2.38. The molecule has 2 unspecified atom stereocenters. The van der Waals surface area contributed by atoms with Crippen LogP contribution in [0.15, 0.2) is 30.3 Å². The van der Waals surface area contributed by atoms with E-state index in [9.17, 15) is 4.79 Å². The number of benzene rings is 1. The maximum Gasteiger partial charge on any atom is 0.222 e. The minimum atomic E-state index is 0.325. The molecule has 2 heterocycles. The van der Waals surface area contributed by atoms with E-state index in [4.69, 9.17) is 11.6 Å². The highest BCUT2D eigenvalue weighted by molar-refractivity contribution is 6.32. The van der Waals surface area contributed by atoms with Crippen LogP contribution in [0.3, 0.4) is 0 Å². The Morgan fingerprint density at radius 1 is 1.26 bits per heavy atom. The first kappa shape index (κ1) is 16.5. The van der Waals surface area contributed by atoms with E-state index < -0.39 is 0 Å². The van der Waals surface area contributed by atoms with Gasteiger partial charge in [-0.1, -0.05) is 48.9 Å². The Morgan fingerprint density at radius 3 is 2.83 bits per heavy atom. The molecule has 0 saturated carbocycles. The number of nitrogens with zero attached hydrogens (tertiary/aromatic N) is 2. The van der Waals surface area contributed by atoms with E-state index in [-0.39, 0.29) is 0 Å². The van der Waals surface area contributed by atoms with Gasteiger partial charge >= 0.3 is 0 Å². The lowest BCUT2D eigenvalue weighted by atomic mass is 10.1. The fourth-order valence-electron chi connectivity index (χ4n) is 3.84. The molecule has 0 radical (unpaired) electrons. The Labute approximate surface area is 143 Å². The van der Waals surface area contributed by atoms with E-state index >= 15 is 0 Å². The summed E-state index contributed by atoms with van der Waals surface area (Å²) in [6.45, 7) is 4.95. The molecule has 2 aliphatic heterocycles. The van der Waals surface area contributed by atoms with Crippen LogP contribution in [0.1, 0.15) is 38.2 Å². The van der Waals surface area contributed by atoms with Crippen molar-refractivity contribution >= 4 is 23.6 Å². The number of carbonyl (C=O) groups is 1. The van der Waals surface area contributed by atoms with E-state index in [1.54, 1.807) is 0 Å². The van der Waals surface area contributed by atoms with Gasteiger partial charge in [0.2, 0.25) is 5.91 Å². The summed E-state index contributed by atoms with van der Waals surface area (Å²) in [6, 6.07) is 8.77. The monoisotopic (exact) mass is 332 g/mol. The molecule has 2 bridgehead atoms. The SMILES string of the molecule is CCC(=O)N1C2CCC1CN(C/C=C/c1ccccc1Cl)CC2. The van der Waals surface area contributed by atoms with E-state index in [2.05, 4.69) is 22.0 Å². The Kier molecular flexibility index (Phi) is 5.39. The zero-order valence-electron chi connectivity index (χ0n) is 13.7. The van der Waals surface area contributed by atoms with Crippen LogP contribution in [0.4, 0.5) is 0 Å². The van der Waals surface area contributed by atoms with Gasteiger partial charge in [-0.15, -0.1) is 0 Å². The van der Waals surface area contributed by atoms with Crippen molar-refractivity contribution in [3.05, 3.63) is 40.9 Å². The Balaban J connectivity index is 1.60. The smallest absolute Gasteiger partial charge is 0.222 e. The highest BCUT2D eigenvalue weighted by atomic mass is 35.5. The second-order valence-electron chi connectivity index (χ2n) is 6.51. The molecular formula is C19H25ClN2O. The van der Waals surface area contributed by atoms with Crippen molar-refractivity contribution in [3.63, 3.8) is 0 Å². The number of likely N-dealkylation sites (tertiary alicyclic amines) is 1. The third kappa shape index (κ3) is 3.78. The molecule has 0 aromatic heterocycles. The summed E-state index contributed by atoms with van der Waals surface area (Å²) in [6.07, 6.45) is 8.34. The lowest BCUT2D eigenvalue weighted by molar-refractivity contribution is -0.133. The standard InChI is InChI=1S/C19H25ClN2O/c1-2-19(23)22-16-9-10-17(22)14-21(13-11-16)12-5-7-15-6-3-4-8-18(15)20/h3-8,16-17H,2,9-14H2,1H3/b7-5+. The third-order valence-corrected chi connectivity index (χ3v) is 5.37. The summed E-state index contributed by atoms with van der Waals surface area (Å²) in [5, 5.41) is 0.790. The summed E-state index contributed by atoms with van der Waals surface area (Å²) >= 11 is 6.18. The molecule has 2 aliphatic rings. The summed E-state index contributed by atoms with van der Waals surface area (Å²) in [5.41, 5.74) is 1.06. The van der Waals surface area contributed by atoms with Gasteiger partial charge in [0.15, 0.2) is 0 Å². The number of rotatable bonds is 4. The largest absolute Gasteiger partial charge is 0.335 e. The number of carbonyl (C=O) groups excluding carboxylic acids is 1. The average Bonchev–Trinajstić information content (AvgIpc) is 2.85. The van der Waals surface area contributed by atoms with Gasteiger partial charge in [-0.3, -0.25) is 9.69 Å². The quantitative estimate of drug-likeness (QED) is 0.836. The van der Waals surface area contributed by atoms with E-state index in [0.29, 0.717) is 24.4 Å². The van der Waals surface area contributed by atoms with Crippen LogP contribution in [0.25, 0.3) is 6.08 Å². The normalized spacial score (nSPS) is 25.0. The van der Waals surface area contributed by atoms with Gasteiger partial charge in [-0.05, 0) is 30.9 Å². The van der Waals surface area contributed by atoms with Gasteiger partial charge in [0.25, 0.3) is 0 Å². The molecule has 2 saturated heterocycles. The first-order chi connectivity index (χ1) is 11.2. The molecule has 2 atom stereocenters. The first-order valence-electron chi connectivity index (χ1n) is 8.63. The van der Waals surface area contributed by atoms with Crippen LogP contribution >= 0.6 is 11.6 Å². The van der Waals surface area contributed by atoms with E-state index in [1.807, 2.05) is 31.2 Å². The van der Waals surface area contributed by atoms with Crippen LogP contribution in [-0.4, -0.2) is 47.4 Å². The molecule has 2 fully saturated rings. The Bertz CT molecular complexity index is 586. The minimum Gasteiger partial charge on any atom is -0.335 e. The molecule has 3 nitrogen and oxygen atoms in total. The summed E-state index contributed by atoms with van der Waals surface area (Å²) in [4.78, 5) is 16.8. The molecule has 23 heavy (non-hydrogen) atoms. The molecule has 124 valence electrons. The molecule has 0 N–H and O–H groups in total. The second-order valence-corrected chi connectivity index (χ2v) is 6.92. The summed E-state index contributed by atoms with van der Waals surface area (Å²) in [5.74, 6) is 0.325. The molecule has 0 spiro atoms. The number of amides is 1. The lowest BCUT2D eigenvalue weighted by Crippen LogP contribution is -2.42. The van der Waals surface area contributed by atoms with Crippen molar-refractivity contribution in [1.29, 1.82) is 0 Å². The number of hydrogen-bond donors (Lipinski definition) is 0. The predicted octanol–water partition coefficient (Wildman–Crippen LogP) is 3.83. The Hall–Kier alpha value is -1.32. The van der Waals surface area contributed by atoms with Gasteiger partial charge in [0.05, 0.1) is 0 Å². The van der Waals surface area contributed by atoms with Crippen molar-refractivity contribution in [2.75, 3.05) is 19.6 Å². The zero-order valence-corrected chi connectivity index (χ0v) is 14.5. The van der Waals surface area contributed by atoms with Gasteiger partial charge in [0.1, 0.15) is 0 Å². The fraction of sp³-hybridized carbons (Fsp3) is 0.526. The van der Waals surface area contributed by atoms with Crippen molar-refractivity contribution in [1.82, 2.24) is 9.80 Å². The van der Waals surface area contributed by atoms with Crippen LogP contribution in [0.5, 0.6) is 0 Å². The number of halogens is 1. The fourth-order valence-corrected chi connectivity index (χ4v) is 4.04. The second kappa shape index (κ2) is 7.50. The van der Waals surface area contributed by atoms with Gasteiger partial charge in [-0.25, -0.2) is 0 Å². The predicted molar refractivity (Wildman–Crippen MR) is 95.5 cm³/mol. The van der Waals surface area contributed by atoms with Gasteiger partial charge < -0.3 is 4.90 Å². The minimum absolute atomic E-state index is 0.325. The molecule has 0 aliphatic carbocycles. The van der Waals surface area contributed by atoms with E-state index in [1.165, 1.54) is 6.42 Å². The topological polar surface area (TPSA) is 23.6 Å². The third-order valence-electron chi connectivity index (χ3n) is 5.02. The van der Waals surface area contributed by atoms with E-state index in [0.717, 1.165) is 43.1 Å². The highest BCUT2D eigenvalue weighted by Crippen LogP contribution is 2.30. The van der Waals surface area contributed by atoms with Gasteiger partial charge in [0, 0.05) is 43.2 Å². The zero-order chi connectivity index (χ0) is 16.2. The Morgan fingerprint density at radius 2 is 2.04 bits per heavy atom. The lowest BCUT2D eigenvalue weighted by Gasteiger charge is -2.28. The number of hydrogen-bond acceptors (Lipinski definition) is 2. The molecule has 4 heteroatoms.